The zero-order chi connectivity index (χ0) is 16.2. The second-order valence-corrected chi connectivity index (χ2v) is 7.12. The van der Waals surface area contributed by atoms with Gasteiger partial charge in [0.2, 0.25) is 0 Å². The molecule has 2 aliphatic rings. The van der Waals surface area contributed by atoms with Gasteiger partial charge in [0.15, 0.2) is 0 Å². The number of morpholine rings is 1. The molecule has 1 aromatic rings. The lowest BCUT2D eigenvalue weighted by Gasteiger charge is -2.35. The smallest absolute Gasteiger partial charge is 0.253 e. The van der Waals surface area contributed by atoms with Gasteiger partial charge in [0, 0.05) is 36.2 Å². The van der Waals surface area contributed by atoms with Crippen LogP contribution < -0.4 is 5.32 Å². The maximum Gasteiger partial charge on any atom is 0.253 e. The van der Waals surface area contributed by atoms with E-state index in [-0.39, 0.29) is 12.0 Å². The molecule has 2 aliphatic heterocycles. The fraction of sp³-hybridized carbons (Fsp3) is 0.588. The molecule has 2 heterocycles. The van der Waals surface area contributed by atoms with Crippen LogP contribution in [0.15, 0.2) is 18.2 Å². The van der Waals surface area contributed by atoms with Crippen LogP contribution >= 0.6 is 23.2 Å². The van der Waals surface area contributed by atoms with E-state index in [9.17, 15) is 4.79 Å². The Morgan fingerprint density at radius 3 is 2.78 bits per heavy atom. The first kappa shape index (κ1) is 17.0. The Bertz CT molecular complexity index is 554. The molecule has 0 spiro atoms. The van der Waals surface area contributed by atoms with Crippen molar-refractivity contribution in [3.8, 4) is 0 Å². The van der Waals surface area contributed by atoms with Crippen molar-refractivity contribution in [3.63, 3.8) is 0 Å². The highest BCUT2D eigenvalue weighted by molar-refractivity contribution is 6.33. The topological polar surface area (TPSA) is 41.6 Å². The summed E-state index contributed by atoms with van der Waals surface area (Å²) in [5, 5.41) is 4.70. The van der Waals surface area contributed by atoms with Crippen molar-refractivity contribution in [2.45, 2.75) is 25.4 Å². The second kappa shape index (κ2) is 7.84. The SMILES string of the molecule is O=C(C1CNCCO1)N1CCC(Cc2cc(Cl)ccc2Cl)CC1. The minimum Gasteiger partial charge on any atom is -0.366 e. The summed E-state index contributed by atoms with van der Waals surface area (Å²) in [5.74, 6) is 0.664. The number of amides is 1. The van der Waals surface area contributed by atoms with E-state index in [1.807, 2.05) is 23.1 Å². The maximum atomic E-state index is 12.4. The summed E-state index contributed by atoms with van der Waals surface area (Å²) >= 11 is 12.3. The Morgan fingerprint density at radius 2 is 2.09 bits per heavy atom. The molecule has 2 fully saturated rings. The molecule has 1 atom stereocenters. The Kier molecular flexibility index (Phi) is 5.81. The summed E-state index contributed by atoms with van der Waals surface area (Å²) in [5.41, 5.74) is 1.10. The van der Waals surface area contributed by atoms with Crippen molar-refractivity contribution in [2.75, 3.05) is 32.8 Å². The molecule has 1 amide bonds. The summed E-state index contributed by atoms with van der Waals surface area (Å²) in [6.07, 6.45) is 2.59. The van der Waals surface area contributed by atoms with Crippen molar-refractivity contribution in [1.82, 2.24) is 10.2 Å². The van der Waals surface area contributed by atoms with Gasteiger partial charge in [0.1, 0.15) is 6.10 Å². The number of hydrogen-bond acceptors (Lipinski definition) is 3. The Balaban J connectivity index is 1.52. The van der Waals surface area contributed by atoms with Gasteiger partial charge in [0.05, 0.1) is 6.61 Å². The van der Waals surface area contributed by atoms with Crippen LogP contribution in [0.1, 0.15) is 18.4 Å². The first-order valence-corrected chi connectivity index (χ1v) is 8.94. The van der Waals surface area contributed by atoms with Crippen molar-refractivity contribution >= 4 is 29.1 Å². The van der Waals surface area contributed by atoms with Gasteiger partial charge in [-0.15, -0.1) is 0 Å². The van der Waals surface area contributed by atoms with E-state index >= 15 is 0 Å². The molecule has 1 unspecified atom stereocenters. The first-order chi connectivity index (χ1) is 11.1. The Labute approximate surface area is 147 Å². The van der Waals surface area contributed by atoms with Gasteiger partial charge in [-0.3, -0.25) is 4.79 Å². The van der Waals surface area contributed by atoms with Gasteiger partial charge in [-0.25, -0.2) is 0 Å². The van der Waals surface area contributed by atoms with Crippen LogP contribution in [0.25, 0.3) is 0 Å². The molecule has 0 radical (unpaired) electrons. The van der Waals surface area contributed by atoms with E-state index in [0.29, 0.717) is 19.1 Å². The third-order valence-electron chi connectivity index (χ3n) is 4.65. The van der Waals surface area contributed by atoms with Crippen LogP contribution in [-0.2, 0) is 16.0 Å². The van der Waals surface area contributed by atoms with Crippen LogP contribution in [0.2, 0.25) is 10.0 Å². The zero-order valence-corrected chi connectivity index (χ0v) is 14.6. The van der Waals surface area contributed by atoms with Gasteiger partial charge >= 0.3 is 0 Å². The van der Waals surface area contributed by atoms with Crippen molar-refractivity contribution in [2.24, 2.45) is 5.92 Å². The summed E-state index contributed by atoms with van der Waals surface area (Å²) in [4.78, 5) is 14.4. The number of carbonyl (C=O) groups is 1. The molecule has 4 nitrogen and oxygen atoms in total. The quantitative estimate of drug-likeness (QED) is 0.905. The van der Waals surface area contributed by atoms with Crippen molar-refractivity contribution in [3.05, 3.63) is 33.8 Å². The van der Waals surface area contributed by atoms with Crippen molar-refractivity contribution < 1.29 is 9.53 Å². The zero-order valence-electron chi connectivity index (χ0n) is 13.1. The van der Waals surface area contributed by atoms with E-state index in [2.05, 4.69) is 5.32 Å². The number of likely N-dealkylation sites (tertiary alicyclic amines) is 1. The van der Waals surface area contributed by atoms with Gasteiger partial charge in [-0.2, -0.15) is 0 Å². The maximum absolute atomic E-state index is 12.4. The highest BCUT2D eigenvalue weighted by Crippen LogP contribution is 2.28. The Morgan fingerprint density at radius 1 is 1.30 bits per heavy atom. The lowest BCUT2D eigenvalue weighted by atomic mass is 9.90. The van der Waals surface area contributed by atoms with Gasteiger partial charge in [0.25, 0.3) is 5.91 Å². The number of carbonyl (C=O) groups excluding carboxylic acids is 1. The molecule has 6 heteroatoms. The van der Waals surface area contributed by atoms with Crippen molar-refractivity contribution in [1.29, 1.82) is 0 Å². The highest BCUT2D eigenvalue weighted by atomic mass is 35.5. The molecule has 0 bridgehead atoms. The number of rotatable bonds is 3. The number of ether oxygens (including phenoxy) is 1. The van der Waals surface area contributed by atoms with E-state index in [1.165, 1.54) is 0 Å². The molecule has 0 saturated carbocycles. The number of halogens is 2. The molecular formula is C17H22Cl2N2O2. The van der Waals surface area contributed by atoms with Crippen LogP contribution in [0.4, 0.5) is 0 Å². The number of nitrogens with zero attached hydrogens (tertiary/aromatic N) is 1. The second-order valence-electron chi connectivity index (χ2n) is 6.27. The molecule has 0 aliphatic carbocycles. The lowest BCUT2D eigenvalue weighted by molar-refractivity contribution is -0.146. The molecule has 1 N–H and O–H groups in total. The van der Waals surface area contributed by atoms with E-state index in [4.69, 9.17) is 27.9 Å². The standard InChI is InChI=1S/C17H22Cl2N2O2/c18-14-1-2-15(19)13(10-14)9-12-3-6-21(7-4-12)17(22)16-11-20-5-8-23-16/h1-2,10,12,16,20H,3-9,11H2. The van der Waals surface area contributed by atoms with Crippen LogP contribution in [0.5, 0.6) is 0 Å². The molecular weight excluding hydrogens is 335 g/mol. The highest BCUT2D eigenvalue weighted by Gasteiger charge is 2.30. The third kappa shape index (κ3) is 4.38. The normalized spacial score (nSPS) is 23.0. The predicted octanol–water partition coefficient (Wildman–Crippen LogP) is 2.76. The van der Waals surface area contributed by atoms with E-state index in [1.54, 1.807) is 0 Å². The summed E-state index contributed by atoms with van der Waals surface area (Å²) in [6.45, 7) is 3.65. The van der Waals surface area contributed by atoms with Crippen LogP contribution in [-0.4, -0.2) is 49.7 Å². The molecule has 1 aromatic carbocycles. The monoisotopic (exact) mass is 356 g/mol. The summed E-state index contributed by atoms with van der Waals surface area (Å²) in [7, 11) is 0. The fourth-order valence-electron chi connectivity index (χ4n) is 3.30. The number of benzene rings is 1. The largest absolute Gasteiger partial charge is 0.366 e. The average Bonchev–Trinajstić information content (AvgIpc) is 2.59. The minimum absolute atomic E-state index is 0.122. The molecule has 3 rings (SSSR count). The molecule has 126 valence electrons. The summed E-state index contributed by atoms with van der Waals surface area (Å²) in [6, 6.07) is 5.61. The predicted molar refractivity (Wildman–Crippen MR) is 92.1 cm³/mol. The lowest BCUT2D eigenvalue weighted by Crippen LogP contribution is -2.51. The van der Waals surface area contributed by atoms with E-state index in [0.717, 1.165) is 54.5 Å². The molecule has 23 heavy (non-hydrogen) atoms. The fourth-order valence-corrected chi connectivity index (χ4v) is 3.69. The van der Waals surface area contributed by atoms with Gasteiger partial charge in [-0.1, -0.05) is 23.2 Å². The van der Waals surface area contributed by atoms with Gasteiger partial charge in [-0.05, 0) is 48.9 Å². The number of nitrogens with one attached hydrogen (secondary N) is 1. The van der Waals surface area contributed by atoms with Gasteiger partial charge < -0.3 is 15.0 Å². The number of hydrogen-bond donors (Lipinski definition) is 1. The third-order valence-corrected chi connectivity index (χ3v) is 5.25. The Hall–Kier alpha value is -0.810. The summed E-state index contributed by atoms with van der Waals surface area (Å²) < 4.78 is 5.56. The average molecular weight is 357 g/mol. The minimum atomic E-state index is -0.317. The molecule has 2 saturated heterocycles. The molecule has 0 aromatic heterocycles. The number of piperidine rings is 1. The van der Waals surface area contributed by atoms with E-state index < -0.39 is 0 Å². The van der Waals surface area contributed by atoms with Crippen LogP contribution in [0.3, 0.4) is 0 Å². The van der Waals surface area contributed by atoms with Crippen LogP contribution in [0, 0.1) is 5.92 Å². The first-order valence-electron chi connectivity index (χ1n) is 8.18.